The van der Waals surface area contributed by atoms with Gasteiger partial charge in [-0.25, -0.2) is 9.50 Å². The van der Waals surface area contributed by atoms with Crippen LogP contribution in [0.3, 0.4) is 0 Å². The van der Waals surface area contributed by atoms with Crippen molar-refractivity contribution in [2.24, 2.45) is 0 Å². The highest BCUT2D eigenvalue weighted by atomic mass is 79.9. The summed E-state index contributed by atoms with van der Waals surface area (Å²) in [5.41, 5.74) is 6.89. The van der Waals surface area contributed by atoms with E-state index in [9.17, 15) is 0 Å². The lowest BCUT2D eigenvalue weighted by molar-refractivity contribution is 0.551. The van der Waals surface area contributed by atoms with E-state index in [1.165, 1.54) is 0 Å². The van der Waals surface area contributed by atoms with Crippen molar-refractivity contribution in [3.8, 4) is 11.6 Å². The van der Waals surface area contributed by atoms with Crippen LogP contribution in [0.1, 0.15) is 0 Å². The van der Waals surface area contributed by atoms with Crippen LogP contribution in [0, 0.1) is 6.07 Å². The van der Waals surface area contributed by atoms with E-state index in [-0.39, 0.29) is 0 Å². The molecule has 3 aromatic rings. The van der Waals surface area contributed by atoms with Crippen molar-refractivity contribution in [2.45, 2.75) is 0 Å². The zero-order valence-corrected chi connectivity index (χ0v) is 9.60. The second kappa shape index (κ2) is 3.34. The van der Waals surface area contributed by atoms with Crippen LogP contribution < -0.4 is 5.73 Å². The van der Waals surface area contributed by atoms with Gasteiger partial charge in [0.1, 0.15) is 0 Å². The molecule has 3 heterocycles. The molecule has 0 fully saturated rings. The SMILES string of the molecule is Nc1c[c]cn2nc(-c3ccc(Br)o3)nc12. The molecule has 6 heteroatoms. The van der Waals surface area contributed by atoms with Crippen LogP contribution in [0.4, 0.5) is 5.69 Å². The van der Waals surface area contributed by atoms with Crippen molar-refractivity contribution in [2.75, 3.05) is 5.73 Å². The Morgan fingerprint density at radius 2 is 2.31 bits per heavy atom. The van der Waals surface area contributed by atoms with Crippen molar-refractivity contribution in [1.29, 1.82) is 0 Å². The predicted octanol–water partition coefficient (Wildman–Crippen LogP) is 2.13. The van der Waals surface area contributed by atoms with E-state index in [0.29, 0.717) is 27.6 Å². The molecule has 0 aliphatic rings. The molecule has 0 bridgehead atoms. The molecular formula is C10H6BrN4O. The van der Waals surface area contributed by atoms with Gasteiger partial charge in [-0.2, -0.15) is 0 Å². The molecule has 0 saturated heterocycles. The topological polar surface area (TPSA) is 69.3 Å². The summed E-state index contributed by atoms with van der Waals surface area (Å²) in [6.45, 7) is 0. The molecular weight excluding hydrogens is 272 g/mol. The second-order valence-corrected chi connectivity index (χ2v) is 3.98. The zero-order valence-electron chi connectivity index (χ0n) is 8.01. The van der Waals surface area contributed by atoms with Crippen molar-refractivity contribution < 1.29 is 4.42 Å². The Morgan fingerprint density at radius 1 is 1.44 bits per heavy atom. The molecule has 0 aliphatic heterocycles. The normalized spacial score (nSPS) is 11.1. The van der Waals surface area contributed by atoms with Gasteiger partial charge >= 0.3 is 0 Å². The van der Waals surface area contributed by atoms with Gasteiger partial charge in [0.15, 0.2) is 16.1 Å². The van der Waals surface area contributed by atoms with Gasteiger partial charge in [-0.05, 0) is 34.1 Å². The van der Waals surface area contributed by atoms with Gasteiger partial charge in [0.05, 0.1) is 5.69 Å². The third-order valence-electron chi connectivity index (χ3n) is 2.12. The number of nitrogen functional groups attached to an aromatic ring is 1. The second-order valence-electron chi connectivity index (χ2n) is 3.20. The number of fused-ring (bicyclic) bond motifs is 1. The monoisotopic (exact) mass is 277 g/mol. The molecule has 5 nitrogen and oxygen atoms in total. The summed E-state index contributed by atoms with van der Waals surface area (Å²) in [6.07, 6.45) is 1.67. The third kappa shape index (κ3) is 1.38. The number of pyridine rings is 1. The number of aromatic nitrogens is 3. The fourth-order valence-corrected chi connectivity index (χ4v) is 1.72. The van der Waals surface area contributed by atoms with E-state index in [1.54, 1.807) is 28.9 Å². The smallest absolute Gasteiger partial charge is 0.218 e. The van der Waals surface area contributed by atoms with Crippen molar-refractivity contribution >= 4 is 27.3 Å². The standard InChI is InChI=1S/C10H6BrN4O/c11-8-4-3-7(16-8)9-13-10-6(12)2-1-5-15(10)14-9/h2-5H,12H2. The Balaban J connectivity index is 2.22. The number of halogens is 1. The highest BCUT2D eigenvalue weighted by Crippen LogP contribution is 2.23. The van der Waals surface area contributed by atoms with Gasteiger partial charge in [-0.3, -0.25) is 0 Å². The van der Waals surface area contributed by atoms with Gasteiger partial charge in [0.2, 0.25) is 5.82 Å². The molecule has 0 unspecified atom stereocenters. The number of hydrogen-bond donors (Lipinski definition) is 1. The average molecular weight is 278 g/mol. The van der Waals surface area contributed by atoms with Crippen LogP contribution in [0.15, 0.2) is 33.5 Å². The Labute approximate surface area is 99.0 Å². The molecule has 0 aromatic carbocycles. The highest BCUT2D eigenvalue weighted by Gasteiger charge is 2.11. The Bertz CT molecular complexity index is 658. The van der Waals surface area contributed by atoms with Crippen LogP contribution in [0.25, 0.3) is 17.2 Å². The van der Waals surface area contributed by atoms with E-state index in [0.717, 1.165) is 0 Å². The average Bonchev–Trinajstić information content (AvgIpc) is 2.84. The van der Waals surface area contributed by atoms with Crippen molar-refractivity contribution in [3.05, 3.63) is 35.1 Å². The van der Waals surface area contributed by atoms with Crippen LogP contribution in [0.5, 0.6) is 0 Å². The molecule has 0 atom stereocenters. The number of rotatable bonds is 1. The number of hydrogen-bond acceptors (Lipinski definition) is 4. The van der Waals surface area contributed by atoms with E-state index < -0.39 is 0 Å². The number of nitrogens with zero attached hydrogens (tertiary/aromatic N) is 3. The van der Waals surface area contributed by atoms with Crippen LogP contribution in [-0.2, 0) is 0 Å². The van der Waals surface area contributed by atoms with E-state index in [4.69, 9.17) is 10.2 Å². The minimum Gasteiger partial charge on any atom is -0.446 e. The maximum Gasteiger partial charge on any atom is 0.218 e. The molecule has 0 aliphatic carbocycles. The molecule has 1 radical (unpaired) electrons. The fourth-order valence-electron chi connectivity index (χ4n) is 1.41. The van der Waals surface area contributed by atoms with Gasteiger partial charge < -0.3 is 10.2 Å². The Morgan fingerprint density at radius 3 is 3.00 bits per heavy atom. The summed E-state index contributed by atoms with van der Waals surface area (Å²) < 4.78 is 7.58. The molecule has 0 saturated carbocycles. The lowest BCUT2D eigenvalue weighted by atomic mass is 10.4. The first-order valence-electron chi connectivity index (χ1n) is 4.52. The molecule has 0 amide bonds. The van der Waals surface area contributed by atoms with Gasteiger partial charge in [0, 0.05) is 12.3 Å². The summed E-state index contributed by atoms with van der Waals surface area (Å²) in [4.78, 5) is 4.29. The lowest BCUT2D eigenvalue weighted by Crippen LogP contribution is -1.92. The van der Waals surface area contributed by atoms with E-state index >= 15 is 0 Å². The lowest BCUT2D eigenvalue weighted by Gasteiger charge is -1.91. The third-order valence-corrected chi connectivity index (χ3v) is 2.54. The first-order valence-corrected chi connectivity index (χ1v) is 5.31. The molecule has 3 rings (SSSR count). The summed E-state index contributed by atoms with van der Waals surface area (Å²) in [5, 5.41) is 4.24. The van der Waals surface area contributed by atoms with E-state index in [1.807, 2.05) is 0 Å². The number of furan rings is 1. The van der Waals surface area contributed by atoms with Crippen LogP contribution in [0.2, 0.25) is 0 Å². The Kier molecular flexibility index (Phi) is 1.97. The molecule has 2 N–H and O–H groups in total. The maximum absolute atomic E-state index is 5.76. The van der Waals surface area contributed by atoms with Crippen LogP contribution in [-0.4, -0.2) is 14.6 Å². The predicted molar refractivity (Wildman–Crippen MR) is 61.6 cm³/mol. The minimum absolute atomic E-state index is 0.497. The first kappa shape index (κ1) is 9.41. The first-order chi connectivity index (χ1) is 7.74. The maximum atomic E-state index is 5.76. The minimum atomic E-state index is 0.497. The Hall–Kier alpha value is -1.82. The summed E-state index contributed by atoms with van der Waals surface area (Å²) in [5.74, 6) is 1.09. The molecule has 3 aromatic heterocycles. The quantitative estimate of drug-likeness (QED) is 0.740. The van der Waals surface area contributed by atoms with E-state index in [2.05, 4.69) is 32.1 Å². The number of nitrogens with two attached hydrogens (primary N) is 1. The molecule has 0 spiro atoms. The van der Waals surface area contributed by atoms with Crippen molar-refractivity contribution in [1.82, 2.24) is 14.6 Å². The van der Waals surface area contributed by atoms with Crippen LogP contribution >= 0.6 is 15.9 Å². The zero-order chi connectivity index (χ0) is 11.1. The van der Waals surface area contributed by atoms with Crippen molar-refractivity contribution in [3.63, 3.8) is 0 Å². The molecule has 79 valence electrons. The fraction of sp³-hybridized carbons (Fsp3) is 0. The summed E-state index contributed by atoms with van der Waals surface area (Å²) in [7, 11) is 0. The largest absolute Gasteiger partial charge is 0.446 e. The summed E-state index contributed by atoms with van der Waals surface area (Å²) in [6, 6.07) is 8.11. The molecule has 16 heavy (non-hydrogen) atoms. The summed E-state index contributed by atoms with van der Waals surface area (Å²) >= 11 is 3.23. The highest BCUT2D eigenvalue weighted by molar-refractivity contribution is 9.10. The van der Waals surface area contributed by atoms with Gasteiger partial charge in [-0.1, -0.05) is 0 Å². The van der Waals surface area contributed by atoms with Gasteiger partial charge in [0.25, 0.3) is 0 Å². The van der Waals surface area contributed by atoms with Gasteiger partial charge in [-0.15, -0.1) is 5.10 Å². The number of anilines is 1.